The van der Waals surface area contributed by atoms with E-state index in [0.717, 1.165) is 12.8 Å². The van der Waals surface area contributed by atoms with E-state index < -0.39 is 12.0 Å². The zero-order valence-corrected chi connectivity index (χ0v) is 7.42. The molecular weight excluding hydrogens is 158 g/mol. The second-order valence-corrected chi connectivity index (χ2v) is 2.71. The molecule has 0 aromatic rings. The largest absolute Gasteiger partial charge is 0.480 e. The summed E-state index contributed by atoms with van der Waals surface area (Å²) in [7, 11) is 0. The number of aliphatic hydroxyl groups excluding tert-OH is 1. The number of aliphatic hydroxyl groups is 1. The Balaban J connectivity index is 3.56. The molecular formula is C8H17NO3. The normalized spacial score (nSPS) is 12.8. The molecule has 0 amide bonds. The van der Waals surface area contributed by atoms with Crippen molar-refractivity contribution < 1.29 is 15.0 Å². The molecule has 0 bridgehead atoms. The lowest BCUT2D eigenvalue weighted by molar-refractivity contribution is -0.139. The average Bonchev–Trinajstić information content (AvgIpc) is 2.03. The van der Waals surface area contributed by atoms with Gasteiger partial charge in [-0.15, -0.1) is 0 Å². The molecule has 4 heteroatoms. The van der Waals surface area contributed by atoms with Gasteiger partial charge in [0.25, 0.3) is 0 Å². The predicted octanol–water partition coefficient (Wildman–Crippen LogP) is 0.212. The van der Waals surface area contributed by atoms with Gasteiger partial charge in [-0.2, -0.15) is 0 Å². The summed E-state index contributed by atoms with van der Waals surface area (Å²) >= 11 is 0. The van der Waals surface area contributed by atoms with Crippen molar-refractivity contribution in [3.05, 3.63) is 0 Å². The van der Waals surface area contributed by atoms with Gasteiger partial charge in [0.15, 0.2) is 0 Å². The molecule has 0 radical (unpaired) electrons. The maximum absolute atomic E-state index is 10.5. The highest BCUT2D eigenvalue weighted by Gasteiger charge is 2.14. The molecule has 72 valence electrons. The zero-order chi connectivity index (χ0) is 9.40. The molecule has 0 aliphatic carbocycles. The Hall–Kier alpha value is -0.610. The summed E-state index contributed by atoms with van der Waals surface area (Å²) in [4.78, 5) is 10.5. The van der Waals surface area contributed by atoms with Crippen LogP contribution in [0.5, 0.6) is 0 Å². The number of carboxylic acid groups (broad SMARTS) is 1. The maximum atomic E-state index is 10.5. The van der Waals surface area contributed by atoms with Crippen molar-refractivity contribution >= 4 is 5.97 Å². The summed E-state index contributed by atoms with van der Waals surface area (Å²) in [6, 6.07) is -0.596. The van der Waals surface area contributed by atoms with E-state index in [9.17, 15) is 4.79 Å². The van der Waals surface area contributed by atoms with Crippen LogP contribution >= 0.6 is 0 Å². The van der Waals surface area contributed by atoms with E-state index >= 15 is 0 Å². The van der Waals surface area contributed by atoms with Crippen LogP contribution in [0.4, 0.5) is 0 Å². The molecule has 12 heavy (non-hydrogen) atoms. The van der Waals surface area contributed by atoms with Crippen LogP contribution in [0.2, 0.25) is 0 Å². The first-order valence-corrected chi connectivity index (χ1v) is 4.29. The molecule has 0 saturated heterocycles. The van der Waals surface area contributed by atoms with Crippen molar-refractivity contribution in [1.29, 1.82) is 0 Å². The molecule has 0 spiro atoms. The Labute approximate surface area is 72.6 Å². The highest BCUT2D eigenvalue weighted by atomic mass is 16.4. The van der Waals surface area contributed by atoms with Gasteiger partial charge in [0.1, 0.15) is 6.04 Å². The van der Waals surface area contributed by atoms with E-state index in [1.165, 1.54) is 0 Å². The van der Waals surface area contributed by atoms with Crippen LogP contribution in [0.3, 0.4) is 0 Å². The lowest BCUT2D eigenvalue weighted by Gasteiger charge is -2.11. The van der Waals surface area contributed by atoms with E-state index in [1.54, 1.807) is 0 Å². The van der Waals surface area contributed by atoms with E-state index in [1.807, 2.05) is 6.92 Å². The van der Waals surface area contributed by atoms with Gasteiger partial charge in [0, 0.05) is 6.61 Å². The van der Waals surface area contributed by atoms with Crippen LogP contribution in [0, 0.1) is 0 Å². The minimum atomic E-state index is -0.889. The third kappa shape index (κ3) is 5.09. The van der Waals surface area contributed by atoms with Crippen LogP contribution in [0.25, 0.3) is 0 Å². The fourth-order valence-electron chi connectivity index (χ4n) is 0.895. The minimum Gasteiger partial charge on any atom is -0.480 e. The number of nitrogens with one attached hydrogen (secondary N) is 1. The van der Waals surface area contributed by atoms with Gasteiger partial charge >= 0.3 is 5.97 Å². The van der Waals surface area contributed by atoms with Crippen LogP contribution < -0.4 is 5.32 Å². The summed E-state index contributed by atoms with van der Waals surface area (Å²) in [5.41, 5.74) is 0. The fraction of sp³-hybridized carbons (Fsp3) is 0.875. The number of hydrogen-bond acceptors (Lipinski definition) is 3. The van der Waals surface area contributed by atoms with E-state index in [4.69, 9.17) is 10.2 Å². The SMILES string of the molecule is CCCCNC(CCO)C(=O)O. The van der Waals surface area contributed by atoms with E-state index in [2.05, 4.69) is 5.32 Å². The number of rotatable bonds is 7. The Morgan fingerprint density at radius 1 is 1.58 bits per heavy atom. The molecule has 0 aliphatic heterocycles. The highest BCUT2D eigenvalue weighted by Crippen LogP contribution is 1.92. The van der Waals surface area contributed by atoms with Crippen molar-refractivity contribution in [2.75, 3.05) is 13.2 Å². The van der Waals surface area contributed by atoms with Gasteiger partial charge in [0.2, 0.25) is 0 Å². The molecule has 1 unspecified atom stereocenters. The Morgan fingerprint density at radius 3 is 2.67 bits per heavy atom. The van der Waals surface area contributed by atoms with Gasteiger partial charge in [0.05, 0.1) is 0 Å². The van der Waals surface area contributed by atoms with E-state index in [0.29, 0.717) is 6.54 Å². The molecule has 3 N–H and O–H groups in total. The average molecular weight is 175 g/mol. The van der Waals surface area contributed by atoms with Crippen LogP contribution in [-0.2, 0) is 4.79 Å². The summed E-state index contributed by atoms with van der Waals surface area (Å²) in [5.74, 6) is -0.889. The van der Waals surface area contributed by atoms with Crippen molar-refractivity contribution in [3.8, 4) is 0 Å². The van der Waals surface area contributed by atoms with Crippen LogP contribution in [0.15, 0.2) is 0 Å². The first-order chi connectivity index (χ1) is 5.72. The van der Waals surface area contributed by atoms with E-state index in [-0.39, 0.29) is 13.0 Å². The molecule has 0 saturated carbocycles. The van der Waals surface area contributed by atoms with Crippen LogP contribution in [0.1, 0.15) is 26.2 Å². The summed E-state index contributed by atoms with van der Waals surface area (Å²) < 4.78 is 0. The lowest BCUT2D eigenvalue weighted by Crippen LogP contribution is -2.37. The summed E-state index contributed by atoms with van der Waals surface area (Å²) in [5, 5.41) is 20.0. The van der Waals surface area contributed by atoms with Gasteiger partial charge in [-0.3, -0.25) is 4.79 Å². The van der Waals surface area contributed by atoms with Crippen LogP contribution in [-0.4, -0.2) is 35.4 Å². The fourth-order valence-corrected chi connectivity index (χ4v) is 0.895. The summed E-state index contributed by atoms with van der Waals surface area (Å²) in [6.07, 6.45) is 2.28. The number of hydrogen-bond donors (Lipinski definition) is 3. The topological polar surface area (TPSA) is 69.6 Å². The second-order valence-electron chi connectivity index (χ2n) is 2.71. The Bertz CT molecular complexity index is 127. The minimum absolute atomic E-state index is 0.0872. The van der Waals surface area contributed by atoms with Gasteiger partial charge in [-0.1, -0.05) is 13.3 Å². The van der Waals surface area contributed by atoms with Crippen molar-refractivity contribution in [3.63, 3.8) is 0 Å². The smallest absolute Gasteiger partial charge is 0.320 e. The van der Waals surface area contributed by atoms with Gasteiger partial charge in [-0.05, 0) is 19.4 Å². The number of aliphatic carboxylic acids is 1. The Morgan fingerprint density at radius 2 is 2.25 bits per heavy atom. The Kier molecular flexibility index (Phi) is 6.70. The molecule has 0 aromatic heterocycles. The number of carboxylic acids is 1. The monoisotopic (exact) mass is 175 g/mol. The number of carbonyl (C=O) groups is 1. The second kappa shape index (κ2) is 7.06. The third-order valence-corrected chi connectivity index (χ3v) is 1.64. The quantitative estimate of drug-likeness (QED) is 0.484. The number of unbranched alkanes of at least 4 members (excludes halogenated alkanes) is 1. The van der Waals surface area contributed by atoms with Crippen molar-refractivity contribution in [2.45, 2.75) is 32.2 Å². The molecule has 0 heterocycles. The first kappa shape index (κ1) is 11.4. The molecule has 1 atom stereocenters. The third-order valence-electron chi connectivity index (χ3n) is 1.64. The van der Waals surface area contributed by atoms with Crippen molar-refractivity contribution in [2.24, 2.45) is 0 Å². The first-order valence-electron chi connectivity index (χ1n) is 4.29. The zero-order valence-electron chi connectivity index (χ0n) is 7.42. The standard InChI is InChI=1S/C8H17NO3/c1-2-3-5-9-7(4-6-10)8(11)12/h7,9-10H,2-6H2,1H3,(H,11,12). The summed E-state index contributed by atoms with van der Waals surface area (Å²) in [6.45, 7) is 2.66. The predicted molar refractivity (Wildman–Crippen MR) is 46.0 cm³/mol. The van der Waals surface area contributed by atoms with Gasteiger partial charge < -0.3 is 15.5 Å². The molecule has 0 fully saturated rings. The molecule has 0 rings (SSSR count). The highest BCUT2D eigenvalue weighted by molar-refractivity contribution is 5.73. The van der Waals surface area contributed by atoms with Crippen molar-refractivity contribution in [1.82, 2.24) is 5.32 Å². The van der Waals surface area contributed by atoms with Gasteiger partial charge in [-0.25, -0.2) is 0 Å². The molecule has 0 aromatic carbocycles. The maximum Gasteiger partial charge on any atom is 0.320 e. The lowest BCUT2D eigenvalue weighted by atomic mass is 10.2. The molecule has 4 nitrogen and oxygen atoms in total. The molecule has 0 aliphatic rings.